The number of methoxy groups -OCH3 is 1. The molecular formula is C20H21ClFNO3. The number of rotatable bonds is 8. The average molecular weight is 378 g/mol. The van der Waals surface area contributed by atoms with Crippen LogP contribution >= 0.6 is 11.6 Å². The van der Waals surface area contributed by atoms with Crippen molar-refractivity contribution in [3.63, 3.8) is 0 Å². The summed E-state index contributed by atoms with van der Waals surface area (Å²) in [6.07, 6.45) is 0.932. The molecule has 0 spiro atoms. The van der Waals surface area contributed by atoms with E-state index in [4.69, 9.17) is 11.6 Å². The van der Waals surface area contributed by atoms with Crippen LogP contribution in [-0.2, 0) is 27.2 Å². The van der Waals surface area contributed by atoms with Crippen LogP contribution in [0.25, 0.3) is 0 Å². The molecule has 0 atom stereocenters. The van der Waals surface area contributed by atoms with E-state index >= 15 is 0 Å². The minimum atomic E-state index is -0.365. The Labute approximate surface area is 157 Å². The SMILES string of the molecule is COC(=O)CCN(CCc1ccc(F)cc1)C(=O)Cc1ccc(Cl)cc1. The monoisotopic (exact) mass is 377 g/mol. The summed E-state index contributed by atoms with van der Waals surface area (Å²) in [5.41, 5.74) is 1.78. The first-order valence-corrected chi connectivity index (χ1v) is 8.69. The number of benzene rings is 2. The van der Waals surface area contributed by atoms with Gasteiger partial charge in [0.1, 0.15) is 5.82 Å². The number of carbonyl (C=O) groups excluding carboxylic acids is 2. The smallest absolute Gasteiger partial charge is 0.307 e. The molecule has 0 aliphatic heterocycles. The van der Waals surface area contributed by atoms with Crippen LogP contribution in [0.4, 0.5) is 4.39 Å². The van der Waals surface area contributed by atoms with Crippen LogP contribution in [0.1, 0.15) is 17.5 Å². The Morgan fingerprint density at radius 1 is 1.00 bits per heavy atom. The summed E-state index contributed by atoms with van der Waals surface area (Å²) in [4.78, 5) is 25.7. The molecule has 6 heteroatoms. The van der Waals surface area contributed by atoms with Gasteiger partial charge in [0.25, 0.3) is 0 Å². The molecule has 2 rings (SSSR count). The van der Waals surface area contributed by atoms with Crippen molar-refractivity contribution in [3.8, 4) is 0 Å². The molecule has 0 bridgehead atoms. The molecule has 0 radical (unpaired) electrons. The van der Waals surface area contributed by atoms with Crippen LogP contribution in [0.2, 0.25) is 5.02 Å². The van der Waals surface area contributed by atoms with Crippen LogP contribution in [0, 0.1) is 5.82 Å². The molecule has 0 aliphatic rings. The molecule has 0 aromatic heterocycles. The zero-order chi connectivity index (χ0) is 18.9. The average Bonchev–Trinajstić information content (AvgIpc) is 2.64. The fraction of sp³-hybridized carbons (Fsp3) is 0.300. The van der Waals surface area contributed by atoms with Crippen molar-refractivity contribution >= 4 is 23.5 Å². The lowest BCUT2D eigenvalue weighted by molar-refractivity contribution is -0.141. The summed E-state index contributed by atoms with van der Waals surface area (Å²) in [7, 11) is 1.32. The van der Waals surface area contributed by atoms with Gasteiger partial charge in [-0.1, -0.05) is 35.9 Å². The molecule has 0 saturated carbocycles. The molecule has 0 N–H and O–H groups in total. The standard InChI is InChI=1S/C20H21ClFNO3/c1-26-20(25)11-13-23(12-10-15-4-8-18(22)9-5-15)19(24)14-16-2-6-17(21)7-3-16/h2-9H,10-14H2,1H3. The largest absolute Gasteiger partial charge is 0.469 e. The van der Waals surface area contributed by atoms with E-state index in [0.717, 1.165) is 11.1 Å². The maximum atomic E-state index is 13.0. The molecule has 0 fully saturated rings. The van der Waals surface area contributed by atoms with Crippen LogP contribution in [-0.4, -0.2) is 37.0 Å². The van der Waals surface area contributed by atoms with E-state index in [-0.39, 0.29) is 37.1 Å². The van der Waals surface area contributed by atoms with Gasteiger partial charge in [0.15, 0.2) is 0 Å². The molecule has 0 heterocycles. The molecule has 2 aromatic carbocycles. The predicted octanol–water partition coefficient (Wildman–Crippen LogP) is 3.66. The molecule has 1 amide bonds. The third kappa shape index (κ3) is 6.48. The van der Waals surface area contributed by atoms with E-state index in [0.29, 0.717) is 18.0 Å². The quantitative estimate of drug-likeness (QED) is 0.659. The minimum Gasteiger partial charge on any atom is -0.469 e. The van der Waals surface area contributed by atoms with Gasteiger partial charge in [0, 0.05) is 18.1 Å². The van der Waals surface area contributed by atoms with Crippen LogP contribution < -0.4 is 0 Å². The number of nitrogens with zero attached hydrogens (tertiary/aromatic N) is 1. The Morgan fingerprint density at radius 2 is 1.62 bits per heavy atom. The van der Waals surface area contributed by atoms with Crippen LogP contribution in [0.15, 0.2) is 48.5 Å². The number of esters is 1. The Balaban J connectivity index is 2.00. The van der Waals surface area contributed by atoms with E-state index in [1.165, 1.54) is 19.2 Å². The Bertz CT molecular complexity index is 732. The summed E-state index contributed by atoms with van der Waals surface area (Å²) < 4.78 is 17.7. The Morgan fingerprint density at radius 3 is 2.23 bits per heavy atom. The third-order valence-corrected chi connectivity index (χ3v) is 4.27. The van der Waals surface area contributed by atoms with E-state index in [9.17, 15) is 14.0 Å². The fourth-order valence-electron chi connectivity index (χ4n) is 2.49. The van der Waals surface area contributed by atoms with Gasteiger partial charge in [-0.25, -0.2) is 4.39 Å². The topological polar surface area (TPSA) is 46.6 Å². The van der Waals surface area contributed by atoms with Gasteiger partial charge in [0.05, 0.1) is 20.0 Å². The normalized spacial score (nSPS) is 10.4. The second-order valence-corrected chi connectivity index (χ2v) is 6.32. The lowest BCUT2D eigenvalue weighted by Gasteiger charge is -2.22. The number of halogens is 2. The Hall–Kier alpha value is -2.40. The molecular weight excluding hydrogens is 357 g/mol. The Kier molecular flexibility index (Phi) is 7.60. The van der Waals surface area contributed by atoms with Crippen LogP contribution in [0.3, 0.4) is 0 Å². The lowest BCUT2D eigenvalue weighted by atomic mass is 10.1. The molecule has 26 heavy (non-hydrogen) atoms. The zero-order valence-electron chi connectivity index (χ0n) is 14.6. The highest BCUT2D eigenvalue weighted by Gasteiger charge is 2.16. The predicted molar refractivity (Wildman–Crippen MR) is 98.5 cm³/mol. The van der Waals surface area contributed by atoms with Gasteiger partial charge >= 0.3 is 5.97 Å². The molecule has 0 aliphatic carbocycles. The first-order chi connectivity index (χ1) is 12.5. The van der Waals surface area contributed by atoms with Gasteiger partial charge in [0.2, 0.25) is 5.91 Å². The van der Waals surface area contributed by atoms with E-state index < -0.39 is 0 Å². The van der Waals surface area contributed by atoms with Crippen molar-refractivity contribution < 1.29 is 18.7 Å². The second-order valence-electron chi connectivity index (χ2n) is 5.89. The highest BCUT2D eigenvalue weighted by molar-refractivity contribution is 6.30. The van der Waals surface area contributed by atoms with Crippen molar-refractivity contribution in [1.29, 1.82) is 0 Å². The number of carbonyl (C=O) groups is 2. The summed E-state index contributed by atoms with van der Waals surface area (Å²) in [5, 5.41) is 0.611. The second kappa shape index (κ2) is 9.92. The van der Waals surface area contributed by atoms with E-state index in [1.54, 1.807) is 41.3 Å². The summed E-state index contributed by atoms with van der Waals surface area (Å²) >= 11 is 5.87. The molecule has 2 aromatic rings. The van der Waals surface area contributed by atoms with E-state index in [1.807, 2.05) is 0 Å². The summed E-state index contributed by atoms with van der Waals surface area (Å²) in [6, 6.07) is 13.3. The van der Waals surface area contributed by atoms with Crippen molar-refractivity contribution in [2.24, 2.45) is 0 Å². The highest BCUT2D eigenvalue weighted by Crippen LogP contribution is 2.12. The van der Waals surface area contributed by atoms with E-state index in [2.05, 4.69) is 4.74 Å². The van der Waals surface area contributed by atoms with Gasteiger partial charge < -0.3 is 9.64 Å². The summed E-state index contributed by atoms with van der Waals surface area (Å²) in [6.45, 7) is 0.718. The van der Waals surface area contributed by atoms with Gasteiger partial charge in [-0.3, -0.25) is 9.59 Å². The summed E-state index contributed by atoms with van der Waals surface area (Å²) in [5.74, 6) is -0.746. The lowest BCUT2D eigenvalue weighted by Crippen LogP contribution is -2.36. The molecule has 4 nitrogen and oxygen atoms in total. The van der Waals surface area contributed by atoms with Crippen molar-refractivity contribution in [1.82, 2.24) is 4.90 Å². The fourth-order valence-corrected chi connectivity index (χ4v) is 2.62. The maximum Gasteiger partial charge on any atom is 0.307 e. The molecule has 0 unspecified atom stereocenters. The van der Waals surface area contributed by atoms with Gasteiger partial charge in [-0.15, -0.1) is 0 Å². The first kappa shape index (κ1) is 19.9. The minimum absolute atomic E-state index is 0.0849. The highest BCUT2D eigenvalue weighted by atomic mass is 35.5. The van der Waals surface area contributed by atoms with Crippen molar-refractivity contribution in [2.45, 2.75) is 19.3 Å². The number of hydrogen-bond donors (Lipinski definition) is 0. The zero-order valence-corrected chi connectivity index (χ0v) is 15.3. The third-order valence-electron chi connectivity index (χ3n) is 4.02. The van der Waals surface area contributed by atoms with Gasteiger partial charge in [-0.05, 0) is 41.8 Å². The first-order valence-electron chi connectivity index (χ1n) is 8.31. The van der Waals surface area contributed by atoms with Crippen molar-refractivity contribution in [2.75, 3.05) is 20.2 Å². The number of amides is 1. The maximum absolute atomic E-state index is 13.0. The molecule has 0 saturated heterocycles. The number of ether oxygens (including phenoxy) is 1. The molecule has 138 valence electrons. The number of hydrogen-bond acceptors (Lipinski definition) is 3. The van der Waals surface area contributed by atoms with Crippen molar-refractivity contribution in [3.05, 3.63) is 70.5 Å². The van der Waals surface area contributed by atoms with Gasteiger partial charge in [-0.2, -0.15) is 0 Å². The van der Waals surface area contributed by atoms with Crippen LogP contribution in [0.5, 0.6) is 0 Å².